The summed E-state index contributed by atoms with van der Waals surface area (Å²) in [6.45, 7) is 14.3. The summed E-state index contributed by atoms with van der Waals surface area (Å²) >= 11 is 0. The third-order valence-electron chi connectivity index (χ3n) is 4.85. The summed E-state index contributed by atoms with van der Waals surface area (Å²) in [5, 5.41) is 2.88. The molecular weight excluding hydrogens is 360 g/mol. The van der Waals surface area contributed by atoms with Crippen LogP contribution in [0.4, 0.5) is 4.79 Å². The van der Waals surface area contributed by atoms with Crippen LogP contribution in [0.1, 0.15) is 38.5 Å². The van der Waals surface area contributed by atoms with Gasteiger partial charge in [0.2, 0.25) is 0 Å². The molecule has 0 spiro atoms. The molecule has 0 aromatic rings. The minimum Gasteiger partial charge on any atom is -0.450 e. The Morgan fingerprint density at radius 2 is 1.73 bits per heavy atom. The van der Waals surface area contributed by atoms with E-state index in [1.165, 1.54) is 32.1 Å². The Bertz CT molecular complexity index is 416. The summed E-state index contributed by atoms with van der Waals surface area (Å²) in [7, 11) is -2.93. The smallest absolute Gasteiger partial charge is 0.407 e. The lowest BCUT2D eigenvalue weighted by molar-refractivity contribution is 0.123. The van der Waals surface area contributed by atoms with Crippen LogP contribution in [0.2, 0.25) is 45.3 Å². The zero-order valence-electron chi connectivity index (χ0n) is 17.9. The largest absolute Gasteiger partial charge is 0.450 e. The van der Waals surface area contributed by atoms with E-state index in [-0.39, 0.29) is 18.2 Å². The van der Waals surface area contributed by atoms with Crippen LogP contribution in [0.5, 0.6) is 0 Å². The lowest BCUT2D eigenvalue weighted by Crippen LogP contribution is -2.50. The highest BCUT2D eigenvalue weighted by Crippen LogP contribution is 2.28. The predicted molar refractivity (Wildman–Crippen MR) is 115 cm³/mol. The van der Waals surface area contributed by atoms with Gasteiger partial charge in [0.25, 0.3) is 0 Å². The highest BCUT2D eigenvalue weighted by molar-refractivity contribution is 6.76. The van der Waals surface area contributed by atoms with Crippen LogP contribution in [0.15, 0.2) is 0 Å². The zero-order valence-corrected chi connectivity index (χ0v) is 19.9. The van der Waals surface area contributed by atoms with Gasteiger partial charge < -0.3 is 20.2 Å². The number of alkyl carbamates (subject to hydrolysis) is 1. The molecule has 7 heteroatoms. The van der Waals surface area contributed by atoms with Crippen molar-refractivity contribution in [2.24, 2.45) is 11.7 Å². The van der Waals surface area contributed by atoms with E-state index >= 15 is 0 Å². The van der Waals surface area contributed by atoms with Crippen molar-refractivity contribution in [3.8, 4) is 0 Å². The average molecular weight is 403 g/mol. The third kappa shape index (κ3) is 11.4. The molecule has 1 saturated carbocycles. The molecule has 1 aliphatic rings. The first-order chi connectivity index (χ1) is 12.0. The molecule has 26 heavy (non-hydrogen) atoms. The van der Waals surface area contributed by atoms with Gasteiger partial charge in [-0.15, -0.1) is 0 Å². The van der Waals surface area contributed by atoms with E-state index in [0.29, 0.717) is 19.1 Å². The fourth-order valence-electron chi connectivity index (χ4n) is 3.38. The normalized spacial score (nSPS) is 19.0. The maximum atomic E-state index is 12.0. The second kappa shape index (κ2) is 10.8. The molecule has 0 heterocycles. The van der Waals surface area contributed by atoms with Crippen LogP contribution in [0, 0.1) is 5.92 Å². The van der Waals surface area contributed by atoms with Gasteiger partial charge in [0.05, 0.1) is 12.7 Å². The molecule has 1 amide bonds. The van der Waals surface area contributed by atoms with Crippen molar-refractivity contribution in [1.82, 2.24) is 5.32 Å². The van der Waals surface area contributed by atoms with Crippen molar-refractivity contribution in [2.45, 2.75) is 96.0 Å². The maximum absolute atomic E-state index is 12.0. The molecule has 0 aliphatic heterocycles. The molecule has 0 radical (unpaired) electrons. The Morgan fingerprint density at radius 3 is 2.27 bits per heavy atom. The molecule has 3 N–H and O–H groups in total. The molecule has 5 nitrogen and oxygen atoms in total. The Balaban J connectivity index is 2.47. The Kier molecular flexibility index (Phi) is 9.86. The second-order valence-electron chi connectivity index (χ2n) is 10.00. The summed E-state index contributed by atoms with van der Waals surface area (Å²) in [6.07, 6.45) is 7.05. The van der Waals surface area contributed by atoms with Gasteiger partial charge in [-0.2, -0.15) is 0 Å². The van der Waals surface area contributed by atoms with Gasteiger partial charge in [-0.1, -0.05) is 51.7 Å². The van der Waals surface area contributed by atoms with Crippen LogP contribution < -0.4 is 11.1 Å². The van der Waals surface area contributed by atoms with Gasteiger partial charge in [-0.25, -0.2) is 4.79 Å². The van der Waals surface area contributed by atoms with Crippen molar-refractivity contribution >= 4 is 22.5 Å². The van der Waals surface area contributed by atoms with E-state index in [0.717, 1.165) is 12.5 Å². The van der Waals surface area contributed by atoms with Crippen LogP contribution in [-0.4, -0.2) is 47.8 Å². The fourth-order valence-corrected chi connectivity index (χ4v) is 5.26. The number of ether oxygens (including phenoxy) is 1. The van der Waals surface area contributed by atoms with Gasteiger partial charge in [-0.05, 0) is 38.0 Å². The standard InChI is InChI=1S/C19H42N2O3Si2/c1-25(2,3)13-12-23-19(22)21-15-18(24-26(4,5)6)17(20)14-16-10-8-7-9-11-16/h16-18H,7-15,20H2,1-6H3,(H,21,22)/t17-,18-/m0/s1. The van der Waals surface area contributed by atoms with Crippen LogP contribution >= 0.6 is 0 Å². The number of carbonyl (C=O) groups excluding carboxylic acids is 1. The van der Waals surface area contributed by atoms with Crippen molar-refractivity contribution in [2.75, 3.05) is 13.2 Å². The van der Waals surface area contributed by atoms with Crippen molar-refractivity contribution in [1.29, 1.82) is 0 Å². The van der Waals surface area contributed by atoms with Crippen molar-refractivity contribution in [3.63, 3.8) is 0 Å². The van der Waals surface area contributed by atoms with E-state index in [1.54, 1.807) is 0 Å². The number of nitrogens with two attached hydrogens (primary N) is 1. The van der Waals surface area contributed by atoms with E-state index in [1.807, 2.05) is 0 Å². The number of hydrogen-bond donors (Lipinski definition) is 2. The highest BCUT2D eigenvalue weighted by Gasteiger charge is 2.29. The van der Waals surface area contributed by atoms with Crippen LogP contribution in [0.25, 0.3) is 0 Å². The Hall–Kier alpha value is -0.376. The Labute approximate surface area is 162 Å². The predicted octanol–water partition coefficient (Wildman–Crippen LogP) is 4.57. The van der Waals surface area contributed by atoms with E-state index in [4.69, 9.17) is 14.9 Å². The molecule has 0 aromatic heterocycles. The molecule has 0 saturated heterocycles. The highest BCUT2D eigenvalue weighted by atomic mass is 28.4. The zero-order chi connectivity index (χ0) is 19.8. The van der Waals surface area contributed by atoms with Gasteiger partial charge in [-0.3, -0.25) is 0 Å². The Morgan fingerprint density at radius 1 is 1.12 bits per heavy atom. The molecule has 1 aliphatic carbocycles. The molecule has 1 rings (SSSR count). The molecule has 2 atom stereocenters. The summed E-state index contributed by atoms with van der Waals surface area (Å²) in [4.78, 5) is 12.0. The van der Waals surface area contributed by atoms with Crippen LogP contribution in [-0.2, 0) is 9.16 Å². The average Bonchev–Trinajstić information content (AvgIpc) is 2.50. The summed E-state index contributed by atoms with van der Waals surface area (Å²) in [6, 6.07) is 0.948. The first kappa shape index (κ1) is 23.7. The van der Waals surface area contributed by atoms with Gasteiger partial charge >= 0.3 is 6.09 Å². The molecule has 154 valence electrons. The molecular formula is C19H42N2O3Si2. The fraction of sp³-hybridized carbons (Fsp3) is 0.947. The number of amides is 1. The van der Waals surface area contributed by atoms with E-state index < -0.39 is 16.4 Å². The molecule has 1 fully saturated rings. The first-order valence-corrected chi connectivity index (χ1v) is 17.4. The molecule has 0 bridgehead atoms. The number of hydrogen-bond acceptors (Lipinski definition) is 4. The minimum atomic E-state index is -1.74. The first-order valence-electron chi connectivity index (χ1n) is 10.3. The van der Waals surface area contributed by atoms with Crippen molar-refractivity contribution < 1.29 is 14.0 Å². The van der Waals surface area contributed by atoms with E-state index in [2.05, 4.69) is 44.6 Å². The van der Waals surface area contributed by atoms with Gasteiger partial charge in [0.1, 0.15) is 0 Å². The minimum absolute atomic E-state index is 0.0351. The lowest BCUT2D eigenvalue weighted by atomic mass is 9.84. The topological polar surface area (TPSA) is 73.6 Å². The summed E-state index contributed by atoms with van der Waals surface area (Å²) in [5.41, 5.74) is 6.51. The monoisotopic (exact) mass is 402 g/mol. The maximum Gasteiger partial charge on any atom is 0.407 e. The summed E-state index contributed by atoms with van der Waals surface area (Å²) in [5.74, 6) is 0.704. The third-order valence-corrected chi connectivity index (χ3v) is 7.56. The second-order valence-corrected chi connectivity index (χ2v) is 20.1. The van der Waals surface area contributed by atoms with E-state index in [9.17, 15) is 4.79 Å². The lowest BCUT2D eigenvalue weighted by Gasteiger charge is -2.33. The molecule has 0 unspecified atom stereocenters. The van der Waals surface area contributed by atoms with Crippen LogP contribution in [0.3, 0.4) is 0 Å². The van der Waals surface area contributed by atoms with Gasteiger partial charge in [0.15, 0.2) is 8.32 Å². The number of nitrogens with one attached hydrogen (secondary N) is 1. The SMILES string of the molecule is C[Si](C)(C)CCOC(=O)NC[C@H](O[Si](C)(C)C)[C@@H](N)CC1CCCCC1. The van der Waals surface area contributed by atoms with Crippen molar-refractivity contribution in [3.05, 3.63) is 0 Å². The number of carbonyl (C=O) groups is 1. The van der Waals surface area contributed by atoms with Gasteiger partial charge in [0, 0.05) is 20.7 Å². The number of rotatable bonds is 10. The molecule has 0 aromatic carbocycles. The quantitative estimate of drug-likeness (QED) is 0.525. The summed E-state index contributed by atoms with van der Waals surface area (Å²) < 4.78 is 11.6.